The number of tetrazole rings is 1. The van der Waals surface area contributed by atoms with Gasteiger partial charge in [-0.3, -0.25) is 9.59 Å². The molecule has 5 N–H and O–H groups in total. The molecule has 0 spiro atoms. The molecule has 1 saturated carbocycles. The summed E-state index contributed by atoms with van der Waals surface area (Å²) < 4.78 is 26.9. The number of nitrogens with one attached hydrogen (secondary N) is 4. The number of aromatic amines is 1. The van der Waals surface area contributed by atoms with Crippen LogP contribution in [0, 0.1) is 18.8 Å². The van der Waals surface area contributed by atoms with Crippen molar-refractivity contribution in [1.82, 2.24) is 35.6 Å². The Labute approximate surface area is 284 Å². The van der Waals surface area contributed by atoms with E-state index in [0.717, 1.165) is 22.3 Å². The van der Waals surface area contributed by atoms with Crippen LogP contribution in [0.15, 0.2) is 71.6 Å². The third kappa shape index (κ3) is 8.86. The molecule has 14 nitrogen and oxygen atoms in total. The fourth-order valence-corrected chi connectivity index (χ4v) is 6.89. The van der Waals surface area contributed by atoms with Crippen molar-refractivity contribution in [2.75, 3.05) is 26.0 Å². The van der Waals surface area contributed by atoms with Gasteiger partial charge in [0.15, 0.2) is 0 Å². The molecule has 3 amide bonds. The molecule has 0 bridgehead atoms. The predicted octanol–water partition coefficient (Wildman–Crippen LogP) is 3.83. The van der Waals surface area contributed by atoms with Gasteiger partial charge in [0, 0.05) is 44.2 Å². The number of benzene rings is 3. The van der Waals surface area contributed by atoms with Gasteiger partial charge in [-0.1, -0.05) is 30.3 Å². The maximum Gasteiger partial charge on any atom is 0.404 e. The minimum Gasteiger partial charge on any atom is -0.465 e. The van der Waals surface area contributed by atoms with Crippen LogP contribution >= 0.6 is 0 Å². The lowest BCUT2D eigenvalue weighted by molar-refractivity contribution is -0.130. The van der Waals surface area contributed by atoms with E-state index in [9.17, 15) is 22.8 Å². The van der Waals surface area contributed by atoms with Gasteiger partial charge in [-0.2, -0.15) is 5.21 Å². The summed E-state index contributed by atoms with van der Waals surface area (Å²) in [5, 5.41) is 31.2. The molecule has 49 heavy (non-hydrogen) atoms. The number of carbonyl (C=O) groups is 3. The highest BCUT2D eigenvalue weighted by Crippen LogP contribution is 2.30. The minimum atomic E-state index is -3.65. The number of carboxylic acid groups (broad SMARTS) is 1. The summed E-state index contributed by atoms with van der Waals surface area (Å²) in [4.78, 5) is 38.4. The summed E-state index contributed by atoms with van der Waals surface area (Å²) >= 11 is 0. The number of rotatable bonds is 12. The lowest BCUT2D eigenvalue weighted by Gasteiger charge is -2.29. The van der Waals surface area contributed by atoms with Gasteiger partial charge in [0.05, 0.1) is 4.90 Å². The number of hydrogen-bond acceptors (Lipinski definition) is 8. The molecule has 3 aromatic carbocycles. The Hall–Kier alpha value is -5.15. The molecule has 0 aliphatic heterocycles. The number of aromatic nitrogens is 4. The second kappa shape index (κ2) is 15.4. The standard InChI is InChI=1S/C34H40N8O6S/c1-21-7-16-28(49(47,48)42(2)3)19-29(21)26-6-4-5-23(17-26)18-30(37-32(43)25-10-8-22(9-11-25)20-35-34(45)46)33(44)36-27-14-12-24(13-15-27)31-38-40-41-39-31/h4-7,12-17,19,22,25,30,35H,8-11,18,20H2,1-3H3,(H,36,44)(H,37,43)(H,45,46)(H,38,39,40,41)/t22?,25?,30-/m0/s1. The van der Waals surface area contributed by atoms with Crippen LogP contribution in [-0.2, 0) is 26.0 Å². The number of carbonyl (C=O) groups excluding carboxylic acids is 2. The van der Waals surface area contributed by atoms with Crippen molar-refractivity contribution < 1.29 is 27.9 Å². The van der Waals surface area contributed by atoms with Crippen molar-refractivity contribution in [2.24, 2.45) is 11.8 Å². The lowest BCUT2D eigenvalue weighted by atomic mass is 9.81. The Kier molecular flexibility index (Phi) is 11.0. The van der Waals surface area contributed by atoms with E-state index in [4.69, 9.17) is 5.11 Å². The van der Waals surface area contributed by atoms with Crippen LogP contribution in [-0.4, -0.2) is 83.0 Å². The third-order valence-corrected chi connectivity index (χ3v) is 10.6. The van der Waals surface area contributed by atoms with E-state index in [-0.39, 0.29) is 29.1 Å². The maximum absolute atomic E-state index is 13.8. The van der Waals surface area contributed by atoms with Gasteiger partial charge >= 0.3 is 6.09 Å². The molecule has 1 heterocycles. The van der Waals surface area contributed by atoms with E-state index >= 15 is 0 Å². The van der Waals surface area contributed by atoms with Crippen molar-refractivity contribution >= 4 is 33.6 Å². The van der Waals surface area contributed by atoms with E-state index in [1.54, 1.807) is 42.5 Å². The van der Waals surface area contributed by atoms with Gasteiger partial charge in [-0.25, -0.2) is 17.5 Å². The largest absolute Gasteiger partial charge is 0.465 e. The van der Waals surface area contributed by atoms with Crippen molar-refractivity contribution in [3.63, 3.8) is 0 Å². The molecular formula is C34H40N8O6S. The van der Waals surface area contributed by atoms with E-state index in [1.165, 1.54) is 18.4 Å². The highest BCUT2D eigenvalue weighted by Gasteiger charge is 2.30. The number of sulfonamides is 1. The molecule has 1 aliphatic carbocycles. The molecule has 258 valence electrons. The number of aryl methyl sites for hydroxylation is 1. The van der Waals surface area contributed by atoms with Gasteiger partial charge in [0.2, 0.25) is 27.7 Å². The first-order valence-corrected chi connectivity index (χ1v) is 17.4. The first kappa shape index (κ1) is 35.2. The van der Waals surface area contributed by atoms with E-state index in [1.807, 2.05) is 31.2 Å². The quantitative estimate of drug-likeness (QED) is 0.147. The highest BCUT2D eigenvalue weighted by molar-refractivity contribution is 7.89. The number of hydrogen-bond donors (Lipinski definition) is 5. The van der Waals surface area contributed by atoms with Gasteiger partial charge in [-0.05, 0) is 102 Å². The van der Waals surface area contributed by atoms with E-state index < -0.39 is 28.1 Å². The molecule has 1 fully saturated rings. The monoisotopic (exact) mass is 688 g/mol. The molecule has 4 aromatic rings. The Bertz CT molecular complexity index is 1890. The topological polar surface area (TPSA) is 199 Å². The first-order valence-electron chi connectivity index (χ1n) is 15.9. The van der Waals surface area contributed by atoms with E-state index in [2.05, 4.69) is 36.6 Å². The third-order valence-electron chi connectivity index (χ3n) is 8.81. The zero-order valence-electron chi connectivity index (χ0n) is 27.5. The molecule has 1 aromatic heterocycles. The van der Waals surface area contributed by atoms with Crippen LogP contribution in [0.25, 0.3) is 22.5 Å². The van der Waals surface area contributed by atoms with Crippen LogP contribution in [0.1, 0.15) is 36.8 Å². The Morgan fingerprint density at radius 3 is 2.37 bits per heavy atom. The molecular weight excluding hydrogens is 648 g/mol. The number of anilines is 1. The maximum atomic E-state index is 13.8. The summed E-state index contributed by atoms with van der Waals surface area (Å²) in [6.45, 7) is 2.25. The Morgan fingerprint density at radius 1 is 0.980 bits per heavy atom. The van der Waals surface area contributed by atoms with Crippen LogP contribution in [0.2, 0.25) is 0 Å². The molecule has 0 radical (unpaired) electrons. The van der Waals surface area contributed by atoms with Crippen LogP contribution < -0.4 is 16.0 Å². The summed E-state index contributed by atoms with van der Waals surface area (Å²) in [6, 6.07) is 18.5. The average Bonchev–Trinajstić information content (AvgIpc) is 3.63. The van der Waals surface area contributed by atoms with Gasteiger partial charge in [-0.15, -0.1) is 10.2 Å². The van der Waals surface area contributed by atoms with Crippen molar-refractivity contribution in [3.05, 3.63) is 77.9 Å². The normalized spacial score (nSPS) is 16.9. The lowest BCUT2D eigenvalue weighted by Crippen LogP contribution is -2.48. The van der Waals surface area contributed by atoms with Gasteiger partial charge in [0.25, 0.3) is 0 Å². The minimum absolute atomic E-state index is 0.159. The summed E-state index contributed by atoms with van der Waals surface area (Å²) in [5.74, 6) is -0.365. The molecule has 0 saturated heterocycles. The molecule has 5 rings (SSSR count). The summed E-state index contributed by atoms with van der Waals surface area (Å²) in [7, 11) is -0.682. The van der Waals surface area contributed by atoms with Crippen molar-refractivity contribution in [3.8, 4) is 22.5 Å². The van der Waals surface area contributed by atoms with Gasteiger partial charge < -0.3 is 21.1 Å². The molecule has 0 unspecified atom stereocenters. The fraction of sp³-hybridized carbons (Fsp3) is 0.353. The average molecular weight is 689 g/mol. The number of nitrogens with zero attached hydrogens (tertiary/aromatic N) is 4. The molecule has 1 atom stereocenters. The van der Waals surface area contributed by atoms with E-state index in [0.29, 0.717) is 49.3 Å². The SMILES string of the molecule is Cc1ccc(S(=O)(=O)N(C)C)cc1-c1cccc(C[C@H](NC(=O)C2CCC(CNC(=O)O)CC2)C(=O)Nc2ccc(-c3nn[nH]n3)cc2)c1. The Morgan fingerprint density at radius 2 is 1.71 bits per heavy atom. The van der Waals surface area contributed by atoms with Crippen molar-refractivity contribution in [2.45, 2.75) is 50.0 Å². The fourth-order valence-electron chi connectivity index (χ4n) is 5.96. The second-order valence-electron chi connectivity index (χ2n) is 12.4. The smallest absolute Gasteiger partial charge is 0.404 e. The molecule has 1 aliphatic rings. The van der Waals surface area contributed by atoms with Crippen LogP contribution in [0.4, 0.5) is 10.5 Å². The van der Waals surface area contributed by atoms with Crippen LogP contribution in [0.5, 0.6) is 0 Å². The van der Waals surface area contributed by atoms with Crippen LogP contribution in [0.3, 0.4) is 0 Å². The summed E-state index contributed by atoms with van der Waals surface area (Å²) in [6.07, 6.45) is 1.69. The zero-order valence-corrected chi connectivity index (χ0v) is 28.3. The second-order valence-corrected chi connectivity index (χ2v) is 14.6. The predicted molar refractivity (Wildman–Crippen MR) is 183 cm³/mol. The molecule has 15 heteroatoms. The first-order chi connectivity index (χ1) is 23.4. The summed E-state index contributed by atoms with van der Waals surface area (Å²) in [5.41, 5.74) is 4.41. The Balaban J connectivity index is 1.36. The zero-order chi connectivity index (χ0) is 35.1. The van der Waals surface area contributed by atoms with Crippen molar-refractivity contribution in [1.29, 1.82) is 0 Å². The van der Waals surface area contributed by atoms with Gasteiger partial charge in [0.1, 0.15) is 6.04 Å². The number of H-pyrrole nitrogens is 1. The highest BCUT2D eigenvalue weighted by atomic mass is 32.2. The number of amides is 3.